The lowest BCUT2D eigenvalue weighted by Crippen LogP contribution is -2.51. The lowest BCUT2D eigenvalue weighted by molar-refractivity contribution is -0.127. The van der Waals surface area contributed by atoms with Crippen molar-refractivity contribution in [1.82, 2.24) is 10.6 Å². The predicted octanol–water partition coefficient (Wildman–Crippen LogP) is 3.06. The van der Waals surface area contributed by atoms with E-state index in [0.717, 1.165) is 45.1 Å². The van der Waals surface area contributed by atoms with E-state index >= 15 is 0 Å². The Morgan fingerprint density at radius 3 is 2.77 bits per heavy atom. The molecule has 1 aliphatic carbocycles. The molecule has 120 valence electrons. The minimum Gasteiger partial charge on any atom is -0.352 e. The highest BCUT2D eigenvalue weighted by molar-refractivity contribution is 5.88. The van der Waals surface area contributed by atoms with E-state index in [1.807, 2.05) is 0 Å². The van der Waals surface area contributed by atoms with Crippen molar-refractivity contribution in [2.24, 2.45) is 0 Å². The van der Waals surface area contributed by atoms with E-state index in [9.17, 15) is 4.79 Å². The molecule has 1 aliphatic heterocycles. The summed E-state index contributed by atoms with van der Waals surface area (Å²) >= 11 is 0. The van der Waals surface area contributed by atoms with Crippen molar-refractivity contribution in [2.45, 2.75) is 69.9 Å². The Bertz CT molecular complexity index is 534. The number of rotatable bonds is 3. The van der Waals surface area contributed by atoms with Gasteiger partial charge in [0.15, 0.2) is 0 Å². The molecular weight excluding hydrogens is 272 g/mol. The first-order valence-corrected chi connectivity index (χ1v) is 8.72. The van der Waals surface area contributed by atoms with Crippen LogP contribution >= 0.6 is 0 Å². The van der Waals surface area contributed by atoms with Crippen molar-refractivity contribution in [2.75, 3.05) is 6.54 Å². The molecule has 1 aromatic rings. The van der Waals surface area contributed by atoms with Crippen molar-refractivity contribution in [3.63, 3.8) is 0 Å². The van der Waals surface area contributed by atoms with Crippen LogP contribution in [0.3, 0.4) is 0 Å². The van der Waals surface area contributed by atoms with E-state index in [1.165, 1.54) is 11.1 Å². The zero-order chi connectivity index (χ0) is 15.6. The molecule has 3 heteroatoms. The third-order valence-electron chi connectivity index (χ3n) is 5.42. The number of carbonyl (C=O) groups is 1. The summed E-state index contributed by atoms with van der Waals surface area (Å²) in [6, 6.07) is 9.37. The SMILES string of the molecule is Cc1cccc(C2(C(=O)NC3CCNC(C)C3)CCCC2)c1. The molecule has 3 nitrogen and oxygen atoms in total. The van der Waals surface area contributed by atoms with Gasteiger partial charge in [0.1, 0.15) is 0 Å². The van der Waals surface area contributed by atoms with E-state index in [2.05, 4.69) is 48.7 Å². The van der Waals surface area contributed by atoms with Gasteiger partial charge in [-0.25, -0.2) is 0 Å². The number of carbonyl (C=O) groups excluding carboxylic acids is 1. The molecule has 2 N–H and O–H groups in total. The number of hydrogen-bond acceptors (Lipinski definition) is 2. The van der Waals surface area contributed by atoms with Gasteiger partial charge in [-0.15, -0.1) is 0 Å². The number of amides is 1. The molecule has 0 aromatic heterocycles. The van der Waals surface area contributed by atoms with Crippen LogP contribution in [0.25, 0.3) is 0 Å². The maximum atomic E-state index is 13.1. The van der Waals surface area contributed by atoms with E-state index in [1.54, 1.807) is 0 Å². The summed E-state index contributed by atoms with van der Waals surface area (Å²) in [5.74, 6) is 0.259. The van der Waals surface area contributed by atoms with E-state index < -0.39 is 0 Å². The zero-order valence-corrected chi connectivity index (χ0v) is 13.8. The van der Waals surface area contributed by atoms with Gasteiger partial charge in [-0.1, -0.05) is 42.7 Å². The Kier molecular flexibility index (Phi) is 4.53. The largest absolute Gasteiger partial charge is 0.352 e. The Balaban J connectivity index is 1.80. The first-order chi connectivity index (χ1) is 10.6. The Hall–Kier alpha value is -1.35. The summed E-state index contributed by atoms with van der Waals surface area (Å²) in [4.78, 5) is 13.1. The van der Waals surface area contributed by atoms with Gasteiger partial charge in [-0.3, -0.25) is 4.79 Å². The van der Waals surface area contributed by atoms with Gasteiger partial charge in [0.2, 0.25) is 5.91 Å². The number of benzene rings is 1. The average molecular weight is 300 g/mol. The molecule has 0 bridgehead atoms. The number of aryl methyl sites for hydroxylation is 1. The molecule has 0 spiro atoms. The predicted molar refractivity (Wildman–Crippen MR) is 90.0 cm³/mol. The highest BCUT2D eigenvalue weighted by Crippen LogP contribution is 2.41. The third kappa shape index (κ3) is 3.05. The van der Waals surface area contributed by atoms with Crippen molar-refractivity contribution < 1.29 is 4.79 Å². The molecule has 1 aromatic carbocycles. The second-order valence-electron chi connectivity index (χ2n) is 7.21. The van der Waals surface area contributed by atoms with Crippen LogP contribution in [-0.4, -0.2) is 24.5 Å². The van der Waals surface area contributed by atoms with Crippen LogP contribution < -0.4 is 10.6 Å². The fourth-order valence-corrected chi connectivity index (χ4v) is 4.15. The smallest absolute Gasteiger partial charge is 0.230 e. The summed E-state index contributed by atoms with van der Waals surface area (Å²) in [5, 5.41) is 6.82. The van der Waals surface area contributed by atoms with Crippen LogP contribution in [-0.2, 0) is 10.2 Å². The molecular formula is C19H28N2O. The van der Waals surface area contributed by atoms with Crippen LogP contribution in [0.15, 0.2) is 24.3 Å². The van der Waals surface area contributed by atoms with Crippen LogP contribution in [0.5, 0.6) is 0 Å². The maximum Gasteiger partial charge on any atom is 0.230 e. The lowest BCUT2D eigenvalue weighted by Gasteiger charge is -2.34. The summed E-state index contributed by atoms with van der Waals surface area (Å²) < 4.78 is 0. The molecule has 2 atom stereocenters. The summed E-state index contributed by atoms with van der Waals surface area (Å²) in [5.41, 5.74) is 2.16. The van der Waals surface area contributed by atoms with E-state index in [4.69, 9.17) is 0 Å². The Morgan fingerprint density at radius 2 is 2.09 bits per heavy atom. The first-order valence-electron chi connectivity index (χ1n) is 8.72. The van der Waals surface area contributed by atoms with Crippen molar-refractivity contribution in [1.29, 1.82) is 0 Å². The van der Waals surface area contributed by atoms with Crippen LogP contribution in [0.4, 0.5) is 0 Å². The van der Waals surface area contributed by atoms with Crippen LogP contribution in [0.1, 0.15) is 56.6 Å². The average Bonchev–Trinajstić information content (AvgIpc) is 2.98. The van der Waals surface area contributed by atoms with Crippen LogP contribution in [0.2, 0.25) is 0 Å². The fourth-order valence-electron chi connectivity index (χ4n) is 4.15. The Labute approximate surface area is 133 Å². The normalized spacial score (nSPS) is 27.5. The molecule has 1 saturated heterocycles. The number of piperidine rings is 1. The quantitative estimate of drug-likeness (QED) is 0.901. The standard InChI is InChI=1S/C19H28N2O/c1-14-6-5-7-16(12-14)19(9-3-4-10-19)18(22)21-17-8-11-20-15(2)13-17/h5-7,12,15,17,20H,3-4,8-11,13H2,1-2H3,(H,21,22). The topological polar surface area (TPSA) is 41.1 Å². The molecule has 3 rings (SSSR count). The van der Waals surface area contributed by atoms with Crippen LogP contribution in [0, 0.1) is 6.92 Å². The molecule has 1 amide bonds. The molecule has 22 heavy (non-hydrogen) atoms. The van der Waals surface area contributed by atoms with Gasteiger partial charge in [0, 0.05) is 12.1 Å². The van der Waals surface area contributed by atoms with Crippen molar-refractivity contribution >= 4 is 5.91 Å². The number of hydrogen-bond donors (Lipinski definition) is 2. The molecule has 2 unspecified atom stereocenters. The van der Waals surface area contributed by atoms with E-state index in [-0.39, 0.29) is 11.3 Å². The first kappa shape index (κ1) is 15.5. The minimum atomic E-state index is -0.292. The summed E-state index contributed by atoms with van der Waals surface area (Å²) in [7, 11) is 0. The second kappa shape index (κ2) is 6.41. The summed E-state index contributed by atoms with van der Waals surface area (Å²) in [6.07, 6.45) is 6.37. The number of nitrogens with one attached hydrogen (secondary N) is 2. The molecule has 1 heterocycles. The lowest BCUT2D eigenvalue weighted by atomic mass is 9.77. The van der Waals surface area contributed by atoms with Gasteiger partial charge < -0.3 is 10.6 Å². The van der Waals surface area contributed by atoms with E-state index in [0.29, 0.717) is 12.1 Å². The highest BCUT2D eigenvalue weighted by Gasteiger charge is 2.43. The van der Waals surface area contributed by atoms with Gasteiger partial charge in [-0.05, 0) is 51.6 Å². The third-order valence-corrected chi connectivity index (χ3v) is 5.42. The van der Waals surface area contributed by atoms with Gasteiger partial charge >= 0.3 is 0 Å². The molecule has 0 radical (unpaired) electrons. The monoisotopic (exact) mass is 300 g/mol. The van der Waals surface area contributed by atoms with Gasteiger partial charge in [-0.2, -0.15) is 0 Å². The fraction of sp³-hybridized carbons (Fsp3) is 0.632. The Morgan fingerprint density at radius 1 is 1.32 bits per heavy atom. The van der Waals surface area contributed by atoms with Crippen molar-refractivity contribution in [3.05, 3.63) is 35.4 Å². The van der Waals surface area contributed by atoms with Gasteiger partial charge in [0.05, 0.1) is 5.41 Å². The zero-order valence-electron chi connectivity index (χ0n) is 13.8. The molecule has 2 fully saturated rings. The second-order valence-corrected chi connectivity index (χ2v) is 7.21. The van der Waals surface area contributed by atoms with Crippen molar-refractivity contribution in [3.8, 4) is 0 Å². The molecule has 2 aliphatic rings. The highest BCUT2D eigenvalue weighted by atomic mass is 16.2. The van der Waals surface area contributed by atoms with Gasteiger partial charge in [0.25, 0.3) is 0 Å². The summed E-state index contributed by atoms with van der Waals surface area (Å²) in [6.45, 7) is 5.31. The molecule has 1 saturated carbocycles. The minimum absolute atomic E-state index is 0.259. The maximum absolute atomic E-state index is 13.1.